The van der Waals surface area contributed by atoms with Gasteiger partial charge in [0.05, 0.1) is 6.54 Å². The summed E-state index contributed by atoms with van der Waals surface area (Å²) in [7, 11) is 0. The van der Waals surface area contributed by atoms with Gasteiger partial charge in [-0.25, -0.2) is 4.98 Å². The van der Waals surface area contributed by atoms with Gasteiger partial charge in [0.2, 0.25) is 5.91 Å². The maximum absolute atomic E-state index is 12.6. The smallest absolute Gasteiger partial charge is 0.224 e. The zero-order valence-electron chi connectivity index (χ0n) is 16.0. The quantitative estimate of drug-likeness (QED) is 0.811. The third-order valence-corrected chi connectivity index (χ3v) is 6.79. The highest BCUT2D eigenvalue weighted by Crippen LogP contribution is 2.40. The first-order valence-corrected chi connectivity index (χ1v) is 10.6. The van der Waals surface area contributed by atoms with Crippen molar-refractivity contribution in [2.75, 3.05) is 32.7 Å². The molecule has 1 aromatic rings. The Labute approximate surface area is 156 Å². The Balaban J connectivity index is 1.27. The second-order valence-corrected chi connectivity index (χ2v) is 8.82. The average molecular weight is 360 g/mol. The second kappa shape index (κ2) is 8.07. The van der Waals surface area contributed by atoms with Crippen LogP contribution in [0.4, 0.5) is 0 Å². The van der Waals surface area contributed by atoms with E-state index in [-0.39, 0.29) is 5.91 Å². The number of rotatable bonds is 5. The molecule has 1 aromatic heterocycles. The van der Waals surface area contributed by atoms with E-state index in [0.717, 1.165) is 19.0 Å². The molecule has 1 aliphatic carbocycles. The highest BCUT2D eigenvalue weighted by atomic mass is 16.2. The van der Waals surface area contributed by atoms with Crippen molar-refractivity contribution >= 4 is 5.91 Å². The summed E-state index contributed by atoms with van der Waals surface area (Å²) in [6.07, 6.45) is 14.7. The van der Waals surface area contributed by atoms with E-state index in [2.05, 4.69) is 19.9 Å². The third-order valence-electron chi connectivity index (χ3n) is 6.79. The summed E-state index contributed by atoms with van der Waals surface area (Å²) in [5, 5.41) is 4.09. The fourth-order valence-corrected chi connectivity index (χ4v) is 5.40. The number of nitrogens with zero attached hydrogens (tertiary/aromatic N) is 5. The minimum Gasteiger partial charge on any atom is -0.342 e. The molecule has 2 aliphatic heterocycles. The SMILES string of the molecule is O=C(CCn1cncn1)N1CCC2(CCCN(CC3CCCCC3)C2)C1. The molecular weight excluding hydrogens is 326 g/mol. The average Bonchev–Trinajstić information content (AvgIpc) is 3.31. The van der Waals surface area contributed by atoms with Crippen LogP contribution in [-0.2, 0) is 11.3 Å². The third kappa shape index (κ3) is 4.27. The minimum atomic E-state index is 0.279. The highest BCUT2D eigenvalue weighted by Gasteiger charge is 2.42. The fourth-order valence-electron chi connectivity index (χ4n) is 5.40. The van der Waals surface area contributed by atoms with Crippen molar-refractivity contribution in [3.8, 4) is 0 Å². The number of hydrogen-bond donors (Lipinski definition) is 0. The van der Waals surface area contributed by atoms with E-state index in [1.807, 2.05) is 0 Å². The Hall–Kier alpha value is -1.43. The summed E-state index contributed by atoms with van der Waals surface area (Å²) in [6, 6.07) is 0. The summed E-state index contributed by atoms with van der Waals surface area (Å²) in [6.45, 7) is 6.30. The van der Waals surface area contributed by atoms with Crippen LogP contribution in [0.25, 0.3) is 0 Å². The van der Waals surface area contributed by atoms with Gasteiger partial charge in [-0.15, -0.1) is 0 Å². The van der Waals surface area contributed by atoms with Gasteiger partial charge in [-0.1, -0.05) is 19.3 Å². The molecule has 4 rings (SSSR count). The maximum Gasteiger partial charge on any atom is 0.224 e. The molecule has 144 valence electrons. The van der Waals surface area contributed by atoms with Crippen molar-refractivity contribution in [2.24, 2.45) is 11.3 Å². The number of piperidine rings is 1. The van der Waals surface area contributed by atoms with Gasteiger partial charge in [0, 0.05) is 38.0 Å². The van der Waals surface area contributed by atoms with E-state index >= 15 is 0 Å². The Kier molecular flexibility index (Phi) is 5.57. The number of amides is 1. The molecule has 0 radical (unpaired) electrons. The van der Waals surface area contributed by atoms with Gasteiger partial charge in [0.15, 0.2) is 0 Å². The number of aromatic nitrogens is 3. The molecule has 3 fully saturated rings. The molecule has 0 N–H and O–H groups in total. The Morgan fingerprint density at radius 2 is 1.96 bits per heavy atom. The van der Waals surface area contributed by atoms with Crippen molar-refractivity contribution in [1.29, 1.82) is 0 Å². The molecule has 2 saturated heterocycles. The van der Waals surface area contributed by atoms with Crippen molar-refractivity contribution in [2.45, 2.75) is 64.3 Å². The van der Waals surface area contributed by atoms with Crippen LogP contribution in [0.2, 0.25) is 0 Å². The summed E-state index contributed by atoms with van der Waals surface area (Å²) < 4.78 is 1.75. The summed E-state index contributed by atoms with van der Waals surface area (Å²) >= 11 is 0. The molecule has 0 bridgehead atoms. The molecule has 6 nitrogen and oxygen atoms in total. The van der Waals surface area contributed by atoms with Gasteiger partial charge in [0.1, 0.15) is 12.7 Å². The second-order valence-electron chi connectivity index (χ2n) is 8.82. The molecule has 0 aromatic carbocycles. The normalized spacial score (nSPS) is 28.1. The number of carbonyl (C=O) groups excluding carboxylic acids is 1. The van der Waals surface area contributed by atoms with Gasteiger partial charge < -0.3 is 9.80 Å². The number of aryl methyl sites for hydroxylation is 1. The Morgan fingerprint density at radius 3 is 2.77 bits per heavy atom. The van der Waals surface area contributed by atoms with E-state index in [4.69, 9.17) is 0 Å². The molecule has 26 heavy (non-hydrogen) atoms. The summed E-state index contributed by atoms with van der Waals surface area (Å²) in [4.78, 5) is 21.4. The van der Waals surface area contributed by atoms with E-state index in [9.17, 15) is 4.79 Å². The van der Waals surface area contributed by atoms with Crippen molar-refractivity contribution in [1.82, 2.24) is 24.6 Å². The van der Waals surface area contributed by atoms with Crippen LogP contribution in [0.3, 0.4) is 0 Å². The van der Waals surface area contributed by atoms with Crippen LogP contribution in [0.15, 0.2) is 12.7 Å². The van der Waals surface area contributed by atoms with E-state index in [0.29, 0.717) is 18.4 Å². The first-order chi connectivity index (χ1) is 12.7. The zero-order valence-corrected chi connectivity index (χ0v) is 16.0. The molecular formula is C20H33N5O. The number of hydrogen-bond acceptors (Lipinski definition) is 4. The van der Waals surface area contributed by atoms with E-state index in [1.165, 1.54) is 77.3 Å². The van der Waals surface area contributed by atoms with Crippen molar-refractivity contribution in [3.63, 3.8) is 0 Å². The van der Waals surface area contributed by atoms with Crippen molar-refractivity contribution < 1.29 is 4.79 Å². The van der Waals surface area contributed by atoms with Gasteiger partial charge >= 0.3 is 0 Å². The zero-order chi connectivity index (χ0) is 17.8. The first-order valence-electron chi connectivity index (χ1n) is 10.6. The van der Waals surface area contributed by atoms with Crippen LogP contribution in [0, 0.1) is 11.3 Å². The lowest BCUT2D eigenvalue weighted by Gasteiger charge is -2.42. The molecule has 1 unspecified atom stereocenters. The van der Waals surface area contributed by atoms with Gasteiger partial charge in [-0.05, 0) is 44.6 Å². The summed E-state index contributed by atoms with van der Waals surface area (Å²) in [5.41, 5.74) is 0.357. The summed E-state index contributed by atoms with van der Waals surface area (Å²) in [5.74, 6) is 1.20. The molecule has 1 amide bonds. The van der Waals surface area contributed by atoms with E-state index in [1.54, 1.807) is 11.0 Å². The standard InChI is InChI=1S/C20H33N5O/c26-19(7-11-25-17-21-16-22-25)24-12-9-20(15-24)8-4-10-23(14-20)13-18-5-2-1-3-6-18/h16-18H,1-15H2. The van der Waals surface area contributed by atoms with Crippen LogP contribution in [0.1, 0.15) is 57.8 Å². The van der Waals surface area contributed by atoms with Gasteiger partial charge in [-0.3, -0.25) is 9.48 Å². The maximum atomic E-state index is 12.6. The molecule has 6 heteroatoms. The lowest BCUT2D eigenvalue weighted by Crippen LogP contribution is -2.47. The lowest BCUT2D eigenvalue weighted by molar-refractivity contribution is -0.131. The van der Waals surface area contributed by atoms with Crippen LogP contribution >= 0.6 is 0 Å². The monoisotopic (exact) mass is 359 g/mol. The topological polar surface area (TPSA) is 54.3 Å². The Morgan fingerprint density at radius 1 is 1.08 bits per heavy atom. The number of carbonyl (C=O) groups is 1. The van der Waals surface area contributed by atoms with Crippen LogP contribution in [-0.4, -0.2) is 63.2 Å². The molecule has 3 aliphatic rings. The molecule has 1 saturated carbocycles. The molecule has 1 spiro atoms. The molecule has 1 atom stereocenters. The van der Waals surface area contributed by atoms with E-state index < -0.39 is 0 Å². The highest BCUT2D eigenvalue weighted by molar-refractivity contribution is 5.76. The van der Waals surface area contributed by atoms with Gasteiger partial charge in [0.25, 0.3) is 0 Å². The van der Waals surface area contributed by atoms with Gasteiger partial charge in [-0.2, -0.15) is 5.10 Å². The van der Waals surface area contributed by atoms with Crippen molar-refractivity contribution in [3.05, 3.63) is 12.7 Å². The largest absolute Gasteiger partial charge is 0.342 e. The van der Waals surface area contributed by atoms with Crippen LogP contribution in [0.5, 0.6) is 0 Å². The predicted molar refractivity (Wildman–Crippen MR) is 101 cm³/mol. The predicted octanol–water partition coefficient (Wildman–Crippen LogP) is 2.56. The van der Waals surface area contributed by atoms with Crippen LogP contribution < -0.4 is 0 Å². The minimum absolute atomic E-state index is 0.279. The fraction of sp³-hybridized carbons (Fsp3) is 0.850. The lowest BCUT2D eigenvalue weighted by atomic mass is 9.78. The Bertz CT molecular complexity index is 583. The first kappa shape index (κ1) is 18.0. The molecule has 3 heterocycles. The number of likely N-dealkylation sites (tertiary alicyclic amines) is 2.